The summed E-state index contributed by atoms with van der Waals surface area (Å²) in [6.07, 6.45) is -10.0. The Kier molecular flexibility index (Phi) is 9.25. The van der Waals surface area contributed by atoms with Crippen LogP contribution in [-0.2, 0) is 12.4 Å². The second-order valence-electron chi connectivity index (χ2n) is 15.9. The molecule has 10 heteroatoms. The van der Waals surface area contributed by atoms with E-state index in [-0.39, 0.29) is 11.6 Å². The molecule has 0 aliphatic heterocycles. The highest BCUT2D eigenvalue weighted by Crippen LogP contribution is 2.45. The monoisotopic (exact) mass is 850 g/mol. The number of nitriles is 2. The number of benzene rings is 8. The van der Waals surface area contributed by atoms with Crippen LogP contribution in [0.3, 0.4) is 0 Å². The van der Waals surface area contributed by atoms with Crippen molar-refractivity contribution in [1.29, 1.82) is 10.5 Å². The van der Waals surface area contributed by atoms with Crippen LogP contribution in [0.25, 0.3) is 88.4 Å². The molecule has 0 aliphatic rings. The van der Waals surface area contributed by atoms with Crippen molar-refractivity contribution in [2.75, 3.05) is 0 Å². The van der Waals surface area contributed by atoms with Crippen molar-refractivity contribution < 1.29 is 26.3 Å². The standard InChI is InChI=1S/C54H32F6N4/c1-31-14-18-39(32(2)22-31)35-15-20-49-43(24-35)41-10-3-5-12-47(41)63(49)51-26-37(34-9-7-8-33(23-34)29-61)27-52(45(51)30-62)64-48-13-6-4-11-42(48)44-25-36(16-21-50(44)64)40-19-17-38(53(55,56)57)28-46(40)54(58,59)60/h3-28H,1-2H3. The van der Waals surface area contributed by atoms with Gasteiger partial charge in [0.2, 0.25) is 0 Å². The van der Waals surface area contributed by atoms with Gasteiger partial charge in [0.25, 0.3) is 0 Å². The lowest BCUT2D eigenvalue weighted by Gasteiger charge is -2.19. The first-order valence-corrected chi connectivity index (χ1v) is 20.3. The molecule has 0 radical (unpaired) electrons. The molecule has 10 rings (SSSR count). The number of aromatic nitrogens is 2. The van der Waals surface area contributed by atoms with E-state index >= 15 is 0 Å². The van der Waals surface area contributed by atoms with Crippen LogP contribution in [0.1, 0.15) is 33.4 Å². The Hall–Kier alpha value is -8.08. The summed E-state index contributed by atoms with van der Waals surface area (Å²) in [5, 5.41) is 24.4. The summed E-state index contributed by atoms with van der Waals surface area (Å²) in [6.45, 7) is 4.15. The largest absolute Gasteiger partial charge is 0.417 e. The molecule has 0 aliphatic carbocycles. The van der Waals surface area contributed by atoms with Crippen LogP contribution in [0.4, 0.5) is 26.3 Å². The fraction of sp³-hybridized carbons (Fsp3) is 0.0741. The quantitative estimate of drug-likeness (QED) is 0.162. The van der Waals surface area contributed by atoms with Crippen LogP contribution in [0.2, 0.25) is 0 Å². The molecule has 64 heavy (non-hydrogen) atoms. The van der Waals surface area contributed by atoms with Gasteiger partial charge in [0.05, 0.1) is 56.2 Å². The minimum Gasteiger partial charge on any atom is -0.308 e. The Bertz CT molecular complexity index is 3650. The molecular formula is C54H32F6N4. The van der Waals surface area contributed by atoms with Crippen molar-refractivity contribution in [2.24, 2.45) is 0 Å². The van der Waals surface area contributed by atoms with E-state index in [0.29, 0.717) is 61.5 Å². The van der Waals surface area contributed by atoms with Gasteiger partial charge in [-0.1, -0.05) is 90.5 Å². The first-order chi connectivity index (χ1) is 30.7. The van der Waals surface area contributed by atoms with E-state index in [0.717, 1.165) is 50.1 Å². The number of para-hydroxylation sites is 2. The van der Waals surface area contributed by atoms with E-state index in [1.54, 1.807) is 36.4 Å². The summed E-state index contributed by atoms with van der Waals surface area (Å²) < 4.78 is 88.3. The predicted octanol–water partition coefficient (Wildman–Crippen LogP) is 15.3. The highest BCUT2D eigenvalue weighted by atomic mass is 19.4. The third-order valence-electron chi connectivity index (χ3n) is 12.0. The average molecular weight is 851 g/mol. The summed E-state index contributed by atoms with van der Waals surface area (Å²) in [5.74, 6) is 0. The lowest BCUT2D eigenvalue weighted by atomic mass is 9.95. The van der Waals surface area contributed by atoms with Gasteiger partial charge in [0.1, 0.15) is 11.6 Å². The zero-order valence-corrected chi connectivity index (χ0v) is 34.1. The number of aryl methyl sites for hydroxylation is 2. The first-order valence-electron chi connectivity index (χ1n) is 20.3. The topological polar surface area (TPSA) is 57.4 Å². The molecule has 0 N–H and O–H groups in total. The summed E-state index contributed by atoms with van der Waals surface area (Å²) in [5.41, 5.74) is 7.41. The number of alkyl halides is 6. The summed E-state index contributed by atoms with van der Waals surface area (Å²) in [7, 11) is 0. The van der Waals surface area contributed by atoms with Gasteiger partial charge >= 0.3 is 12.4 Å². The summed E-state index contributed by atoms with van der Waals surface area (Å²) in [6, 6.07) is 50.0. The maximum Gasteiger partial charge on any atom is 0.417 e. The molecule has 0 saturated heterocycles. The molecule has 10 aromatic rings. The summed E-state index contributed by atoms with van der Waals surface area (Å²) in [4.78, 5) is 0. The van der Waals surface area contributed by atoms with Crippen molar-refractivity contribution in [3.05, 3.63) is 191 Å². The maximum atomic E-state index is 14.5. The van der Waals surface area contributed by atoms with E-state index in [1.807, 2.05) is 59.2 Å². The number of rotatable bonds is 5. The van der Waals surface area contributed by atoms with Crippen molar-refractivity contribution in [2.45, 2.75) is 26.2 Å². The molecule has 0 spiro atoms. The van der Waals surface area contributed by atoms with E-state index in [4.69, 9.17) is 0 Å². The highest BCUT2D eigenvalue weighted by molar-refractivity contribution is 6.12. The zero-order chi connectivity index (χ0) is 44.7. The van der Waals surface area contributed by atoms with Crippen molar-refractivity contribution >= 4 is 43.6 Å². The van der Waals surface area contributed by atoms with Crippen LogP contribution in [0.15, 0.2) is 158 Å². The maximum absolute atomic E-state index is 14.5. The van der Waals surface area contributed by atoms with Crippen molar-refractivity contribution in [1.82, 2.24) is 9.13 Å². The molecule has 2 aromatic heterocycles. The number of hydrogen-bond donors (Lipinski definition) is 0. The molecule has 2 heterocycles. The molecule has 0 saturated carbocycles. The van der Waals surface area contributed by atoms with E-state index in [1.165, 1.54) is 6.07 Å². The second-order valence-corrected chi connectivity index (χ2v) is 15.9. The van der Waals surface area contributed by atoms with Gasteiger partial charge in [-0.05, 0) is 126 Å². The Labute approximate surface area is 362 Å². The number of halogens is 6. The SMILES string of the molecule is Cc1ccc(-c2ccc3c(c2)c2ccccc2n3-c2cc(-c3cccc(C#N)c3)cc(-n3c4ccccc4c4cc(-c5ccc(C(F)(F)F)cc5C(F)(F)F)ccc43)c2C#N)c(C)c1. The van der Waals surface area contributed by atoms with Crippen LogP contribution in [-0.4, -0.2) is 9.13 Å². The van der Waals surface area contributed by atoms with Gasteiger partial charge in [-0.3, -0.25) is 0 Å². The molecule has 0 atom stereocenters. The van der Waals surface area contributed by atoms with Gasteiger partial charge < -0.3 is 9.13 Å². The normalized spacial score (nSPS) is 12.0. The van der Waals surface area contributed by atoms with Crippen molar-refractivity contribution in [3.63, 3.8) is 0 Å². The fourth-order valence-electron chi connectivity index (χ4n) is 9.16. The fourth-order valence-corrected chi connectivity index (χ4v) is 9.16. The van der Waals surface area contributed by atoms with Crippen LogP contribution < -0.4 is 0 Å². The smallest absolute Gasteiger partial charge is 0.308 e. The number of fused-ring (bicyclic) bond motifs is 6. The van der Waals surface area contributed by atoms with Gasteiger partial charge in [-0.2, -0.15) is 36.9 Å². The molecule has 0 fully saturated rings. The lowest BCUT2D eigenvalue weighted by molar-refractivity contribution is -0.142. The molecule has 0 amide bonds. The van der Waals surface area contributed by atoms with Gasteiger partial charge in [0.15, 0.2) is 0 Å². The van der Waals surface area contributed by atoms with Gasteiger partial charge in [-0.25, -0.2) is 0 Å². The average Bonchev–Trinajstić information content (AvgIpc) is 3.80. The Morgan fingerprint density at radius 1 is 0.438 bits per heavy atom. The number of hydrogen-bond acceptors (Lipinski definition) is 2. The molecule has 8 aromatic carbocycles. The Morgan fingerprint density at radius 3 is 1.55 bits per heavy atom. The second kappa shape index (κ2) is 14.8. The Morgan fingerprint density at radius 2 is 1.00 bits per heavy atom. The van der Waals surface area contributed by atoms with Crippen LogP contribution >= 0.6 is 0 Å². The van der Waals surface area contributed by atoms with E-state index < -0.39 is 29.0 Å². The molecule has 0 bridgehead atoms. The lowest BCUT2D eigenvalue weighted by Crippen LogP contribution is -2.12. The van der Waals surface area contributed by atoms with E-state index in [2.05, 4.69) is 73.0 Å². The zero-order valence-electron chi connectivity index (χ0n) is 34.1. The van der Waals surface area contributed by atoms with Crippen LogP contribution in [0.5, 0.6) is 0 Å². The minimum atomic E-state index is -5.07. The van der Waals surface area contributed by atoms with Gasteiger partial charge in [0, 0.05) is 21.5 Å². The third kappa shape index (κ3) is 6.54. The Balaban J connectivity index is 1.27. The van der Waals surface area contributed by atoms with Crippen LogP contribution in [0, 0.1) is 36.5 Å². The van der Waals surface area contributed by atoms with E-state index in [9.17, 15) is 36.9 Å². The third-order valence-corrected chi connectivity index (χ3v) is 12.0. The molecule has 0 unspecified atom stereocenters. The van der Waals surface area contributed by atoms with Gasteiger partial charge in [-0.15, -0.1) is 0 Å². The molecule has 310 valence electrons. The first kappa shape index (κ1) is 40.0. The predicted molar refractivity (Wildman–Crippen MR) is 240 cm³/mol. The summed E-state index contributed by atoms with van der Waals surface area (Å²) >= 11 is 0. The molecular weight excluding hydrogens is 819 g/mol. The van der Waals surface area contributed by atoms with Crippen molar-refractivity contribution in [3.8, 4) is 56.9 Å². The molecule has 4 nitrogen and oxygen atoms in total. The minimum absolute atomic E-state index is 0.0743. The highest BCUT2D eigenvalue weighted by Gasteiger charge is 2.38. The number of nitrogens with zero attached hydrogens (tertiary/aromatic N) is 4.